The summed E-state index contributed by atoms with van der Waals surface area (Å²) >= 11 is 1.51. The Hall–Kier alpha value is -0.750. The normalized spacial score (nSPS) is 32.5. The second-order valence-electron chi connectivity index (χ2n) is 5.05. The maximum atomic E-state index is 12.5. The van der Waals surface area contributed by atoms with Gasteiger partial charge in [-0.1, -0.05) is 12.8 Å². The lowest BCUT2D eigenvalue weighted by Crippen LogP contribution is -2.47. The highest BCUT2D eigenvalue weighted by Crippen LogP contribution is 2.33. The summed E-state index contributed by atoms with van der Waals surface area (Å²) in [4.78, 5) is 25.1. The van der Waals surface area contributed by atoms with Crippen LogP contribution in [0.25, 0.3) is 0 Å². The predicted molar refractivity (Wildman–Crippen MR) is 70.1 cm³/mol. The number of nitrogens with two attached hydrogens (primary N) is 1. The van der Waals surface area contributed by atoms with Gasteiger partial charge in [-0.05, 0) is 25.3 Å². The Labute approximate surface area is 111 Å². The van der Waals surface area contributed by atoms with Crippen molar-refractivity contribution in [3.05, 3.63) is 0 Å². The summed E-state index contributed by atoms with van der Waals surface area (Å²) in [6, 6.07) is -0.650. The number of carbonyl (C=O) groups excluding carboxylic acids is 1. The first kappa shape index (κ1) is 13.7. The largest absolute Gasteiger partial charge is 0.480 e. The molecule has 0 spiro atoms. The molecule has 1 aliphatic carbocycles. The molecule has 0 aromatic rings. The van der Waals surface area contributed by atoms with Gasteiger partial charge in [0.05, 0.1) is 5.88 Å². The van der Waals surface area contributed by atoms with Crippen molar-refractivity contribution in [1.82, 2.24) is 4.90 Å². The third-order valence-corrected chi connectivity index (χ3v) is 4.99. The molecule has 2 fully saturated rings. The number of carboxylic acids is 1. The summed E-state index contributed by atoms with van der Waals surface area (Å²) < 4.78 is 0. The van der Waals surface area contributed by atoms with Crippen molar-refractivity contribution in [2.45, 2.75) is 31.7 Å². The van der Waals surface area contributed by atoms with Crippen molar-refractivity contribution in [1.29, 1.82) is 0 Å². The van der Waals surface area contributed by atoms with Crippen LogP contribution >= 0.6 is 11.8 Å². The molecule has 1 saturated carbocycles. The van der Waals surface area contributed by atoms with Crippen molar-refractivity contribution in [2.75, 3.05) is 18.2 Å². The summed E-state index contributed by atoms with van der Waals surface area (Å²) in [5, 5.41) is 9.12. The third-order valence-electron chi connectivity index (χ3n) is 3.98. The van der Waals surface area contributed by atoms with Crippen LogP contribution in [0.5, 0.6) is 0 Å². The standard InChI is InChI=1S/C12H20N2O3S/c13-5-8-3-1-2-4-9(8)11(15)14-7-18-6-10(14)12(16)17/h8-10H,1-7,13H2,(H,16,17). The highest BCUT2D eigenvalue weighted by atomic mass is 32.2. The molecule has 1 saturated heterocycles. The molecule has 18 heavy (non-hydrogen) atoms. The SMILES string of the molecule is NCC1CCCCC1C(=O)N1CSCC1C(=O)O. The van der Waals surface area contributed by atoms with Gasteiger partial charge in [0, 0.05) is 11.7 Å². The number of hydrogen-bond acceptors (Lipinski definition) is 4. The molecule has 2 rings (SSSR count). The first-order chi connectivity index (χ1) is 8.65. The van der Waals surface area contributed by atoms with Crippen LogP contribution in [0.3, 0.4) is 0 Å². The van der Waals surface area contributed by atoms with Crippen molar-refractivity contribution in [2.24, 2.45) is 17.6 Å². The van der Waals surface area contributed by atoms with Crippen LogP contribution in [-0.2, 0) is 9.59 Å². The van der Waals surface area contributed by atoms with Crippen molar-refractivity contribution >= 4 is 23.6 Å². The van der Waals surface area contributed by atoms with E-state index < -0.39 is 12.0 Å². The quantitative estimate of drug-likeness (QED) is 0.791. The summed E-state index contributed by atoms with van der Waals surface area (Å²) in [5.74, 6) is 0.275. The fourth-order valence-electron chi connectivity index (χ4n) is 2.89. The Morgan fingerprint density at radius 2 is 2.06 bits per heavy atom. The van der Waals surface area contributed by atoms with E-state index in [2.05, 4.69) is 0 Å². The highest BCUT2D eigenvalue weighted by molar-refractivity contribution is 7.99. The van der Waals surface area contributed by atoms with Crippen LogP contribution < -0.4 is 5.73 Å². The van der Waals surface area contributed by atoms with Gasteiger partial charge in [0.25, 0.3) is 0 Å². The topological polar surface area (TPSA) is 83.6 Å². The van der Waals surface area contributed by atoms with Crippen LogP contribution in [0.2, 0.25) is 0 Å². The van der Waals surface area contributed by atoms with Gasteiger partial charge in [-0.3, -0.25) is 4.79 Å². The molecule has 1 heterocycles. The molecule has 1 amide bonds. The van der Waals surface area contributed by atoms with Gasteiger partial charge in [-0.15, -0.1) is 11.8 Å². The van der Waals surface area contributed by atoms with E-state index in [0.717, 1.165) is 25.7 Å². The molecule has 1 aliphatic heterocycles. The number of hydrogen-bond donors (Lipinski definition) is 2. The van der Waals surface area contributed by atoms with Gasteiger partial charge in [-0.25, -0.2) is 4.79 Å². The lowest BCUT2D eigenvalue weighted by molar-refractivity contribution is -0.150. The highest BCUT2D eigenvalue weighted by Gasteiger charge is 2.40. The van der Waals surface area contributed by atoms with Crippen LogP contribution in [-0.4, -0.2) is 46.1 Å². The molecule has 0 bridgehead atoms. The zero-order valence-corrected chi connectivity index (χ0v) is 11.2. The first-order valence-electron chi connectivity index (χ1n) is 6.46. The fourth-order valence-corrected chi connectivity index (χ4v) is 4.05. The molecular formula is C12H20N2O3S. The Balaban J connectivity index is 2.07. The Bertz CT molecular complexity index is 337. The third kappa shape index (κ3) is 2.64. The number of thioether (sulfide) groups is 1. The summed E-state index contributed by atoms with van der Waals surface area (Å²) in [7, 11) is 0. The van der Waals surface area contributed by atoms with Crippen molar-refractivity contribution in [3.8, 4) is 0 Å². The van der Waals surface area contributed by atoms with E-state index in [0.29, 0.717) is 18.2 Å². The molecule has 6 heteroatoms. The van der Waals surface area contributed by atoms with Crippen LogP contribution in [0.15, 0.2) is 0 Å². The van der Waals surface area contributed by atoms with E-state index >= 15 is 0 Å². The van der Waals surface area contributed by atoms with Crippen molar-refractivity contribution < 1.29 is 14.7 Å². The molecular weight excluding hydrogens is 252 g/mol. The minimum absolute atomic E-state index is 0.00236. The summed E-state index contributed by atoms with van der Waals surface area (Å²) in [6.07, 6.45) is 4.02. The molecule has 0 aromatic carbocycles. The van der Waals surface area contributed by atoms with E-state index in [1.165, 1.54) is 16.7 Å². The van der Waals surface area contributed by atoms with Gasteiger partial charge in [0.15, 0.2) is 0 Å². The Kier molecular flexibility index (Phi) is 4.50. The minimum atomic E-state index is -0.895. The van der Waals surface area contributed by atoms with Gasteiger partial charge < -0.3 is 15.7 Å². The van der Waals surface area contributed by atoms with Gasteiger partial charge >= 0.3 is 5.97 Å². The summed E-state index contributed by atoms with van der Waals surface area (Å²) in [6.45, 7) is 0.523. The van der Waals surface area contributed by atoms with Crippen LogP contribution in [0.4, 0.5) is 0 Å². The second kappa shape index (κ2) is 5.93. The van der Waals surface area contributed by atoms with Crippen molar-refractivity contribution in [3.63, 3.8) is 0 Å². The lowest BCUT2D eigenvalue weighted by atomic mass is 9.78. The number of nitrogens with zero attached hydrogens (tertiary/aromatic N) is 1. The molecule has 0 radical (unpaired) electrons. The predicted octanol–water partition coefficient (Wildman–Crippen LogP) is 0.738. The molecule has 2 aliphatic rings. The number of aliphatic carboxylic acids is 1. The number of rotatable bonds is 3. The molecule has 3 unspecified atom stereocenters. The average molecular weight is 272 g/mol. The average Bonchev–Trinajstić information content (AvgIpc) is 2.87. The minimum Gasteiger partial charge on any atom is -0.480 e. The van der Waals surface area contributed by atoms with Crippen LogP contribution in [0, 0.1) is 11.8 Å². The fraction of sp³-hybridized carbons (Fsp3) is 0.833. The molecule has 0 aromatic heterocycles. The first-order valence-corrected chi connectivity index (χ1v) is 7.61. The summed E-state index contributed by atoms with van der Waals surface area (Å²) in [5.41, 5.74) is 5.73. The number of carboxylic acid groups (broad SMARTS) is 1. The lowest BCUT2D eigenvalue weighted by Gasteiger charge is -2.33. The molecule has 3 atom stereocenters. The van der Waals surface area contributed by atoms with Gasteiger partial charge in [-0.2, -0.15) is 0 Å². The van der Waals surface area contributed by atoms with Gasteiger partial charge in [0.1, 0.15) is 6.04 Å². The molecule has 3 N–H and O–H groups in total. The Morgan fingerprint density at radius 3 is 2.72 bits per heavy atom. The second-order valence-corrected chi connectivity index (χ2v) is 6.05. The number of amides is 1. The maximum Gasteiger partial charge on any atom is 0.327 e. The zero-order valence-electron chi connectivity index (χ0n) is 10.4. The van der Waals surface area contributed by atoms with Gasteiger partial charge in [0.2, 0.25) is 5.91 Å². The van der Waals surface area contributed by atoms with E-state index in [1.54, 1.807) is 0 Å². The monoisotopic (exact) mass is 272 g/mol. The molecule has 5 nitrogen and oxygen atoms in total. The van der Waals surface area contributed by atoms with E-state index in [4.69, 9.17) is 10.8 Å². The zero-order chi connectivity index (χ0) is 13.1. The smallest absolute Gasteiger partial charge is 0.327 e. The van der Waals surface area contributed by atoms with Crippen LogP contribution in [0.1, 0.15) is 25.7 Å². The van der Waals surface area contributed by atoms with E-state index in [1.807, 2.05) is 0 Å². The Morgan fingerprint density at radius 1 is 1.33 bits per heavy atom. The molecule has 102 valence electrons. The van der Waals surface area contributed by atoms with E-state index in [-0.39, 0.29) is 17.7 Å². The maximum absolute atomic E-state index is 12.5. The number of carbonyl (C=O) groups is 2. The van der Waals surface area contributed by atoms with E-state index in [9.17, 15) is 9.59 Å².